The Kier molecular flexibility index (Phi) is 5.59. The van der Waals surface area contributed by atoms with Crippen molar-refractivity contribution >= 4 is 33.2 Å². The van der Waals surface area contributed by atoms with Gasteiger partial charge < -0.3 is 9.73 Å². The molecule has 6 nitrogen and oxygen atoms in total. The van der Waals surface area contributed by atoms with Crippen molar-refractivity contribution in [2.24, 2.45) is 0 Å². The summed E-state index contributed by atoms with van der Waals surface area (Å²) in [5.41, 5.74) is 0.0142. The van der Waals surface area contributed by atoms with Crippen LogP contribution in [0.2, 0.25) is 5.02 Å². The number of amides is 1. The Morgan fingerprint density at radius 1 is 1.11 bits per heavy atom. The fourth-order valence-electron chi connectivity index (χ4n) is 2.26. The van der Waals surface area contributed by atoms with Crippen LogP contribution in [0.5, 0.6) is 0 Å². The molecule has 1 heterocycles. The Balaban J connectivity index is 1.75. The van der Waals surface area contributed by atoms with Gasteiger partial charge in [-0.15, -0.1) is 0 Å². The van der Waals surface area contributed by atoms with Gasteiger partial charge in [-0.25, -0.2) is 17.5 Å². The second kappa shape index (κ2) is 7.91. The predicted molar refractivity (Wildman–Crippen MR) is 98.5 cm³/mol. The van der Waals surface area contributed by atoms with Crippen molar-refractivity contribution in [1.29, 1.82) is 0 Å². The van der Waals surface area contributed by atoms with Gasteiger partial charge in [-0.1, -0.05) is 23.7 Å². The molecule has 0 aliphatic rings. The summed E-state index contributed by atoms with van der Waals surface area (Å²) in [5, 5.41) is 2.59. The highest BCUT2D eigenvalue weighted by Gasteiger charge is 2.18. The average Bonchev–Trinajstić information content (AvgIpc) is 3.15. The summed E-state index contributed by atoms with van der Waals surface area (Å²) in [4.78, 5) is 11.9. The van der Waals surface area contributed by atoms with Gasteiger partial charge in [0.1, 0.15) is 11.6 Å². The maximum atomic E-state index is 14.3. The lowest BCUT2D eigenvalue weighted by Gasteiger charge is -2.10. The van der Waals surface area contributed by atoms with Crippen molar-refractivity contribution in [1.82, 2.24) is 4.72 Å². The Hall–Kier alpha value is -2.68. The summed E-state index contributed by atoms with van der Waals surface area (Å²) in [6, 6.07) is 12.7. The van der Waals surface area contributed by atoms with Gasteiger partial charge in [0.15, 0.2) is 0 Å². The summed E-state index contributed by atoms with van der Waals surface area (Å²) < 4.78 is 46.2. The number of carbonyl (C=O) groups excluding carboxylic acids is 1. The molecule has 0 saturated carbocycles. The normalized spacial score (nSPS) is 11.3. The van der Waals surface area contributed by atoms with Crippen LogP contribution in [0.25, 0.3) is 0 Å². The minimum Gasteiger partial charge on any atom is -0.468 e. The number of nitrogens with one attached hydrogen (secondary N) is 2. The third kappa shape index (κ3) is 4.54. The molecule has 0 aliphatic carbocycles. The minimum absolute atomic E-state index is 0.0675. The molecule has 0 saturated heterocycles. The number of hydrogen-bond donors (Lipinski definition) is 2. The van der Waals surface area contributed by atoms with E-state index in [4.69, 9.17) is 16.0 Å². The van der Waals surface area contributed by atoms with E-state index in [1.807, 2.05) is 0 Å². The Bertz CT molecular complexity index is 1070. The van der Waals surface area contributed by atoms with Crippen LogP contribution in [0.1, 0.15) is 16.1 Å². The second-order valence-corrected chi connectivity index (χ2v) is 7.65. The molecule has 1 amide bonds. The first-order valence-electron chi connectivity index (χ1n) is 7.74. The van der Waals surface area contributed by atoms with Gasteiger partial charge in [-0.3, -0.25) is 4.79 Å². The summed E-state index contributed by atoms with van der Waals surface area (Å²) in [5.74, 6) is -1.08. The van der Waals surface area contributed by atoms with Gasteiger partial charge in [0.25, 0.3) is 5.91 Å². The van der Waals surface area contributed by atoms with Crippen molar-refractivity contribution in [3.63, 3.8) is 0 Å². The average molecular weight is 409 g/mol. The monoisotopic (exact) mass is 408 g/mol. The lowest BCUT2D eigenvalue weighted by atomic mass is 10.2. The van der Waals surface area contributed by atoms with E-state index in [9.17, 15) is 17.6 Å². The Labute approximate surface area is 160 Å². The van der Waals surface area contributed by atoms with Crippen LogP contribution in [0.3, 0.4) is 0 Å². The highest BCUT2D eigenvalue weighted by molar-refractivity contribution is 7.89. The van der Waals surface area contributed by atoms with E-state index >= 15 is 0 Å². The third-order valence-electron chi connectivity index (χ3n) is 3.63. The molecule has 0 fully saturated rings. The van der Waals surface area contributed by atoms with Crippen molar-refractivity contribution in [2.75, 3.05) is 5.32 Å². The first-order chi connectivity index (χ1) is 12.9. The molecule has 27 heavy (non-hydrogen) atoms. The van der Waals surface area contributed by atoms with E-state index in [0.717, 1.165) is 6.07 Å². The molecular formula is C18H14ClFN2O4S. The molecule has 0 spiro atoms. The van der Waals surface area contributed by atoms with Gasteiger partial charge in [0.05, 0.1) is 34.0 Å². The summed E-state index contributed by atoms with van der Waals surface area (Å²) in [6.07, 6.45) is 1.42. The molecule has 0 unspecified atom stereocenters. The maximum absolute atomic E-state index is 14.3. The number of benzene rings is 2. The summed E-state index contributed by atoms with van der Waals surface area (Å²) in [7, 11) is -3.95. The molecule has 3 aromatic rings. The highest BCUT2D eigenvalue weighted by Crippen LogP contribution is 2.22. The van der Waals surface area contributed by atoms with Crippen LogP contribution in [0.15, 0.2) is 70.2 Å². The molecule has 0 atom stereocenters. The molecule has 3 rings (SSSR count). The number of anilines is 1. The standard InChI is InChI=1S/C18H14ClFN2O4S/c19-15-6-2-1-5-14(15)18(23)22-17-8-7-13(10-16(17)20)27(24,25)21-11-12-4-3-9-26-12/h1-10,21H,11H2,(H,22,23). The van der Waals surface area contributed by atoms with E-state index in [1.165, 1.54) is 30.5 Å². The Morgan fingerprint density at radius 2 is 1.89 bits per heavy atom. The van der Waals surface area contributed by atoms with E-state index in [-0.39, 0.29) is 27.7 Å². The first-order valence-corrected chi connectivity index (χ1v) is 9.60. The maximum Gasteiger partial charge on any atom is 0.257 e. The van der Waals surface area contributed by atoms with Crippen LogP contribution in [-0.2, 0) is 16.6 Å². The number of sulfonamides is 1. The van der Waals surface area contributed by atoms with Crippen LogP contribution in [0.4, 0.5) is 10.1 Å². The topological polar surface area (TPSA) is 88.4 Å². The van der Waals surface area contributed by atoms with Crippen LogP contribution < -0.4 is 10.0 Å². The Morgan fingerprint density at radius 3 is 2.56 bits per heavy atom. The number of furan rings is 1. The summed E-state index contributed by atoms with van der Waals surface area (Å²) in [6.45, 7) is -0.0675. The largest absolute Gasteiger partial charge is 0.468 e. The predicted octanol–water partition coefficient (Wildman–Crippen LogP) is 3.80. The van der Waals surface area contributed by atoms with Crippen LogP contribution >= 0.6 is 11.6 Å². The van der Waals surface area contributed by atoms with Crippen LogP contribution in [-0.4, -0.2) is 14.3 Å². The number of halogens is 2. The minimum atomic E-state index is -3.95. The van der Waals surface area contributed by atoms with E-state index in [0.29, 0.717) is 5.76 Å². The molecule has 9 heteroatoms. The molecular weight excluding hydrogens is 395 g/mol. The zero-order valence-corrected chi connectivity index (χ0v) is 15.4. The zero-order valence-electron chi connectivity index (χ0n) is 13.8. The van der Waals surface area contributed by atoms with E-state index in [2.05, 4.69) is 10.0 Å². The zero-order chi connectivity index (χ0) is 19.4. The quantitative estimate of drug-likeness (QED) is 0.649. The van der Waals surface area contributed by atoms with Gasteiger partial charge in [-0.05, 0) is 42.5 Å². The number of rotatable bonds is 6. The van der Waals surface area contributed by atoms with Crippen molar-refractivity contribution in [3.05, 3.63) is 83.0 Å². The number of hydrogen-bond acceptors (Lipinski definition) is 4. The van der Waals surface area contributed by atoms with Crippen LogP contribution in [0, 0.1) is 5.82 Å². The van der Waals surface area contributed by atoms with E-state index in [1.54, 1.807) is 24.3 Å². The summed E-state index contributed by atoms with van der Waals surface area (Å²) >= 11 is 5.94. The van der Waals surface area contributed by atoms with Gasteiger partial charge in [-0.2, -0.15) is 0 Å². The fourth-order valence-corrected chi connectivity index (χ4v) is 3.49. The van der Waals surface area contributed by atoms with Crippen molar-refractivity contribution in [3.8, 4) is 0 Å². The van der Waals surface area contributed by atoms with Crippen molar-refractivity contribution in [2.45, 2.75) is 11.4 Å². The lowest BCUT2D eigenvalue weighted by Crippen LogP contribution is -2.23. The molecule has 140 valence electrons. The number of carbonyl (C=O) groups is 1. The second-order valence-electron chi connectivity index (χ2n) is 5.48. The van der Waals surface area contributed by atoms with Crippen molar-refractivity contribution < 1.29 is 22.0 Å². The molecule has 0 bridgehead atoms. The fraction of sp³-hybridized carbons (Fsp3) is 0.0556. The molecule has 2 N–H and O–H groups in total. The molecule has 0 aliphatic heterocycles. The molecule has 0 radical (unpaired) electrons. The van der Waals surface area contributed by atoms with Gasteiger partial charge >= 0.3 is 0 Å². The van der Waals surface area contributed by atoms with E-state index < -0.39 is 21.7 Å². The lowest BCUT2D eigenvalue weighted by molar-refractivity contribution is 0.102. The third-order valence-corrected chi connectivity index (χ3v) is 5.36. The SMILES string of the molecule is O=C(Nc1ccc(S(=O)(=O)NCc2ccco2)cc1F)c1ccccc1Cl. The van der Waals surface area contributed by atoms with Gasteiger partial charge in [0, 0.05) is 0 Å². The molecule has 1 aromatic heterocycles. The van der Waals surface area contributed by atoms with Gasteiger partial charge in [0.2, 0.25) is 10.0 Å². The smallest absolute Gasteiger partial charge is 0.257 e. The highest BCUT2D eigenvalue weighted by atomic mass is 35.5. The first kappa shape index (κ1) is 19.1. The molecule has 2 aromatic carbocycles.